The maximum atomic E-state index is 5.70. The summed E-state index contributed by atoms with van der Waals surface area (Å²) in [4.78, 5) is 0. The van der Waals surface area contributed by atoms with Gasteiger partial charge in [0.2, 0.25) is 0 Å². The van der Waals surface area contributed by atoms with Crippen LogP contribution in [0.15, 0.2) is 0 Å². The van der Waals surface area contributed by atoms with Gasteiger partial charge in [-0.05, 0) is 30.8 Å². The van der Waals surface area contributed by atoms with Crippen molar-refractivity contribution < 1.29 is 4.74 Å². The molecule has 1 aliphatic rings. The zero-order valence-electron chi connectivity index (χ0n) is 11.1. The Balaban J connectivity index is 2.39. The van der Waals surface area contributed by atoms with Crippen LogP contribution in [0.25, 0.3) is 0 Å². The van der Waals surface area contributed by atoms with Crippen LogP contribution in [0.4, 0.5) is 0 Å². The van der Waals surface area contributed by atoms with E-state index in [2.05, 4.69) is 37.8 Å². The first-order valence-corrected chi connectivity index (χ1v) is 7.73. The summed E-state index contributed by atoms with van der Waals surface area (Å²) in [6.45, 7) is 9.72. The fourth-order valence-corrected chi connectivity index (χ4v) is 3.05. The fourth-order valence-electron chi connectivity index (χ4n) is 2.19. The molecule has 96 valence electrons. The van der Waals surface area contributed by atoms with Crippen molar-refractivity contribution in [1.82, 2.24) is 5.32 Å². The van der Waals surface area contributed by atoms with Crippen LogP contribution in [0, 0.1) is 5.41 Å². The molecule has 2 nitrogen and oxygen atoms in total. The van der Waals surface area contributed by atoms with E-state index in [0.29, 0.717) is 11.5 Å². The maximum Gasteiger partial charge on any atom is 0.0534 e. The number of thioether (sulfide) groups is 1. The molecule has 0 bridgehead atoms. The Morgan fingerprint density at radius 1 is 1.44 bits per heavy atom. The van der Waals surface area contributed by atoms with E-state index in [0.717, 1.165) is 19.8 Å². The average Bonchev–Trinajstić information content (AvgIpc) is 2.28. The molecule has 1 atom stereocenters. The molecule has 0 aromatic rings. The van der Waals surface area contributed by atoms with Crippen molar-refractivity contribution >= 4 is 11.8 Å². The highest BCUT2D eigenvalue weighted by atomic mass is 32.2. The van der Waals surface area contributed by atoms with E-state index in [4.69, 9.17) is 4.74 Å². The van der Waals surface area contributed by atoms with Crippen molar-refractivity contribution in [2.75, 3.05) is 31.3 Å². The predicted octanol–water partition coefficient (Wildman–Crippen LogP) is 2.92. The third-order valence-electron chi connectivity index (χ3n) is 3.27. The Bertz CT molecular complexity index is 179. The molecule has 1 rings (SSSR count). The maximum absolute atomic E-state index is 5.70. The highest BCUT2D eigenvalue weighted by Gasteiger charge is 2.32. The van der Waals surface area contributed by atoms with Crippen LogP contribution in [-0.4, -0.2) is 37.3 Å². The molecule has 0 amide bonds. The summed E-state index contributed by atoms with van der Waals surface area (Å²) in [6.07, 6.45) is 3.86. The quantitative estimate of drug-likeness (QED) is 0.697. The van der Waals surface area contributed by atoms with Crippen molar-refractivity contribution in [3.63, 3.8) is 0 Å². The van der Waals surface area contributed by atoms with Crippen LogP contribution in [0.1, 0.15) is 40.0 Å². The highest BCUT2D eigenvalue weighted by Crippen LogP contribution is 2.33. The first-order valence-electron chi connectivity index (χ1n) is 6.57. The van der Waals surface area contributed by atoms with Gasteiger partial charge in [-0.1, -0.05) is 20.8 Å². The summed E-state index contributed by atoms with van der Waals surface area (Å²) >= 11 is 2.05. The molecule has 0 spiro atoms. The Morgan fingerprint density at radius 3 is 2.81 bits per heavy atom. The molecule has 1 saturated heterocycles. The van der Waals surface area contributed by atoms with Crippen LogP contribution in [0.3, 0.4) is 0 Å². The SMILES string of the molecule is CCSCCC1(CNC(C)C)CCCOC1. The minimum absolute atomic E-state index is 0.407. The third-order valence-corrected chi connectivity index (χ3v) is 4.17. The average molecular weight is 245 g/mol. The van der Waals surface area contributed by atoms with E-state index in [1.165, 1.54) is 30.8 Å². The van der Waals surface area contributed by atoms with Gasteiger partial charge in [-0.15, -0.1) is 0 Å². The molecule has 0 radical (unpaired) electrons. The van der Waals surface area contributed by atoms with E-state index in [1.54, 1.807) is 0 Å². The van der Waals surface area contributed by atoms with E-state index in [-0.39, 0.29) is 0 Å². The van der Waals surface area contributed by atoms with Gasteiger partial charge in [-0.25, -0.2) is 0 Å². The summed E-state index contributed by atoms with van der Waals surface area (Å²) in [5, 5.41) is 3.59. The largest absolute Gasteiger partial charge is 0.381 e. The first kappa shape index (κ1) is 14.3. The van der Waals surface area contributed by atoms with Crippen molar-refractivity contribution in [3.8, 4) is 0 Å². The number of ether oxygens (including phenoxy) is 1. The second kappa shape index (κ2) is 7.57. The lowest BCUT2D eigenvalue weighted by atomic mass is 9.80. The van der Waals surface area contributed by atoms with Gasteiger partial charge in [0.25, 0.3) is 0 Å². The minimum atomic E-state index is 0.407. The van der Waals surface area contributed by atoms with Gasteiger partial charge in [0.1, 0.15) is 0 Å². The summed E-state index contributed by atoms with van der Waals surface area (Å²) in [6, 6.07) is 0.581. The lowest BCUT2D eigenvalue weighted by Gasteiger charge is -2.38. The van der Waals surface area contributed by atoms with Crippen LogP contribution in [0.5, 0.6) is 0 Å². The van der Waals surface area contributed by atoms with Gasteiger partial charge in [-0.2, -0.15) is 11.8 Å². The molecular weight excluding hydrogens is 218 g/mol. The second-order valence-electron chi connectivity index (χ2n) is 5.14. The smallest absolute Gasteiger partial charge is 0.0534 e. The summed E-state index contributed by atoms with van der Waals surface area (Å²) < 4.78 is 5.70. The van der Waals surface area contributed by atoms with E-state index in [1.807, 2.05) is 0 Å². The predicted molar refractivity (Wildman–Crippen MR) is 73.2 cm³/mol. The number of nitrogens with one attached hydrogen (secondary N) is 1. The second-order valence-corrected chi connectivity index (χ2v) is 6.53. The molecule has 0 aromatic carbocycles. The molecule has 3 heteroatoms. The van der Waals surface area contributed by atoms with E-state index < -0.39 is 0 Å². The number of rotatable bonds is 7. The van der Waals surface area contributed by atoms with Crippen molar-refractivity contribution in [2.45, 2.75) is 46.1 Å². The fraction of sp³-hybridized carbons (Fsp3) is 1.00. The summed E-state index contributed by atoms with van der Waals surface area (Å²) in [5.74, 6) is 2.51. The molecular formula is C13H27NOS. The Kier molecular flexibility index (Phi) is 6.78. The van der Waals surface area contributed by atoms with Crippen molar-refractivity contribution in [3.05, 3.63) is 0 Å². The molecule has 1 unspecified atom stereocenters. The van der Waals surface area contributed by atoms with Crippen LogP contribution < -0.4 is 5.32 Å². The Hall–Kier alpha value is 0.270. The van der Waals surface area contributed by atoms with E-state index in [9.17, 15) is 0 Å². The molecule has 1 heterocycles. The van der Waals surface area contributed by atoms with Crippen LogP contribution >= 0.6 is 11.8 Å². The number of hydrogen-bond acceptors (Lipinski definition) is 3. The van der Waals surface area contributed by atoms with Gasteiger partial charge in [0.05, 0.1) is 6.61 Å². The first-order chi connectivity index (χ1) is 7.68. The topological polar surface area (TPSA) is 21.3 Å². The molecule has 1 N–H and O–H groups in total. The normalized spacial score (nSPS) is 26.2. The number of hydrogen-bond donors (Lipinski definition) is 1. The van der Waals surface area contributed by atoms with Gasteiger partial charge >= 0.3 is 0 Å². The third kappa shape index (κ3) is 5.07. The lowest BCUT2D eigenvalue weighted by molar-refractivity contribution is -0.00959. The standard InChI is InChI=1S/C13H27NOS/c1-4-16-9-7-13(10-14-12(2)3)6-5-8-15-11-13/h12,14H,4-11H2,1-3H3. The van der Waals surface area contributed by atoms with Gasteiger partial charge in [0.15, 0.2) is 0 Å². The van der Waals surface area contributed by atoms with Crippen molar-refractivity contribution in [2.24, 2.45) is 5.41 Å². The lowest BCUT2D eigenvalue weighted by Crippen LogP contribution is -2.43. The summed E-state index contributed by atoms with van der Waals surface area (Å²) in [7, 11) is 0. The summed E-state index contributed by atoms with van der Waals surface area (Å²) in [5.41, 5.74) is 0.407. The Morgan fingerprint density at radius 2 is 2.25 bits per heavy atom. The molecule has 0 saturated carbocycles. The minimum Gasteiger partial charge on any atom is -0.381 e. The monoisotopic (exact) mass is 245 g/mol. The molecule has 0 aliphatic carbocycles. The van der Waals surface area contributed by atoms with Gasteiger partial charge in [0, 0.05) is 24.6 Å². The zero-order valence-corrected chi connectivity index (χ0v) is 11.9. The molecule has 1 fully saturated rings. The Labute approximate surface area is 105 Å². The zero-order chi connectivity index (χ0) is 11.9. The highest BCUT2D eigenvalue weighted by molar-refractivity contribution is 7.99. The van der Waals surface area contributed by atoms with E-state index >= 15 is 0 Å². The molecule has 0 aromatic heterocycles. The molecule has 16 heavy (non-hydrogen) atoms. The molecule has 1 aliphatic heterocycles. The van der Waals surface area contributed by atoms with Gasteiger partial charge < -0.3 is 10.1 Å². The van der Waals surface area contributed by atoms with Crippen LogP contribution in [-0.2, 0) is 4.74 Å². The van der Waals surface area contributed by atoms with Crippen molar-refractivity contribution in [1.29, 1.82) is 0 Å². The van der Waals surface area contributed by atoms with Gasteiger partial charge in [-0.3, -0.25) is 0 Å². The van der Waals surface area contributed by atoms with Crippen LogP contribution in [0.2, 0.25) is 0 Å².